The van der Waals surface area contributed by atoms with Crippen LogP contribution in [0, 0.1) is 11.3 Å². The highest BCUT2D eigenvalue weighted by Crippen LogP contribution is 2.36. The molecule has 3 unspecified atom stereocenters. The third kappa shape index (κ3) is 5.46. The van der Waals surface area contributed by atoms with Crippen LogP contribution in [0.5, 0.6) is 0 Å². The highest BCUT2D eigenvalue weighted by Gasteiger charge is 2.42. The van der Waals surface area contributed by atoms with Crippen LogP contribution in [0.15, 0.2) is 35.3 Å². The minimum absolute atomic E-state index is 0. The summed E-state index contributed by atoms with van der Waals surface area (Å²) in [5.74, 6) is 1.58. The van der Waals surface area contributed by atoms with Gasteiger partial charge in [-0.2, -0.15) is 0 Å². The van der Waals surface area contributed by atoms with Gasteiger partial charge in [-0.05, 0) is 38.2 Å². The summed E-state index contributed by atoms with van der Waals surface area (Å²) in [5.41, 5.74) is 1.33. The van der Waals surface area contributed by atoms with Crippen LogP contribution in [-0.2, 0) is 9.53 Å². The Morgan fingerprint density at radius 2 is 2.17 bits per heavy atom. The van der Waals surface area contributed by atoms with Crippen LogP contribution in [0.1, 0.15) is 50.7 Å². The minimum Gasteiger partial charge on any atom is -0.373 e. The van der Waals surface area contributed by atoms with E-state index in [1.807, 2.05) is 0 Å². The van der Waals surface area contributed by atoms with Crippen molar-refractivity contribution in [2.24, 2.45) is 16.3 Å². The number of nitrogens with one attached hydrogen (secondary N) is 2. The van der Waals surface area contributed by atoms with Gasteiger partial charge < -0.3 is 20.3 Å². The zero-order valence-electron chi connectivity index (χ0n) is 17.9. The summed E-state index contributed by atoms with van der Waals surface area (Å²) >= 11 is 0. The molecular formula is C23H35IN4O2. The van der Waals surface area contributed by atoms with Crippen molar-refractivity contribution in [3.8, 4) is 0 Å². The molecule has 0 radical (unpaired) electrons. The SMILES string of the molecule is CCNC(=NCC1CCCOC1c1ccccc1)N1CCCC2(CNC(=O)C2)C1.I. The lowest BCUT2D eigenvalue weighted by Crippen LogP contribution is -2.51. The number of guanidine groups is 1. The lowest BCUT2D eigenvalue weighted by molar-refractivity contribution is -0.119. The number of amides is 1. The Morgan fingerprint density at radius 1 is 1.33 bits per heavy atom. The molecule has 3 aliphatic heterocycles. The first kappa shape index (κ1) is 23.3. The van der Waals surface area contributed by atoms with Crippen LogP contribution < -0.4 is 10.6 Å². The molecular weight excluding hydrogens is 491 g/mol. The number of nitrogens with zero attached hydrogens (tertiary/aromatic N) is 2. The molecule has 3 fully saturated rings. The van der Waals surface area contributed by atoms with Gasteiger partial charge in [0.25, 0.3) is 0 Å². The summed E-state index contributed by atoms with van der Waals surface area (Å²) in [7, 11) is 0. The summed E-state index contributed by atoms with van der Waals surface area (Å²) in [6, 6.07) is 10.5. The van der Waals surface area contributed by atoms with E-state index in [1.54, 1.807) is 0 Å². The maximum Gasteiger partial charge on any atom is 0.220 e. The van der Waals surface area contributed by atoms with Gasteiger partial charge >= 0.3 is 0 Å². The lowest BCUT2D eigenvalue weighted by Gasteiger charge is -2.41. The standard InChI is InChI=1S/C23H34N4O2.HI/c1-2-24-22(27-12-7-11-23(17-27)14-20(28)26-16-23)25-15-19-10-6-13-29-21(19)18-8-4-3-5-9-18;/h3-5,8-9,19,21H,2,6-7,10-17H2,1H3,(H,24,25)(H,26,28);1H. The van der Waals surface area contributed by atoms with Gasteiger partial charge in [0, 0.05) is 57.1 Å². The van der Waals surface area contributed by atoms with E-state index in [4.69, 9.17) is 9.73 Å². The number of ether oxygens (including phenoxy) is 1. The van der Waals surface area contributed by atoms with Gasteiger partial charge in [-0.3, -0.25) is 9.79 Å². The molecule has 1 aromatic rings. The fourth-order valence-corrected chi connectivity index (χ4v) is 5.10. The highest BCUT2D eigenvalue weighted by molar-refractivity contribution is 14.0. The number of rotatable bonds is 4. The predicted molar refractivity (Wildman–Crippen MR) is 130 cm³/mol. The van der Waals surface area contributed by atoms with E-state index in [-0.39, 0.29) is 41.4 Å². The molecule has 1 amide bonds. The maximum absolute atomic E-state index is 11.8. The third-order valence-corrected chi connectivity index (χ3v) is 6.54. The zero-order valence-corrected chi connectivity index (χ0v) is 20.3. The monoisotopic (exact) mass is 526 g/mol. The lowest BCUT2D eigenvalue weighted by atomic mass is 9.79. The molecule has 3 saturated heterocycles. The molecule has 3 heterocycles. The summed E-state index contributed by atoms with van der Waals surface area (Å²) in [5, 5.41) is 6.53. The predicted octanol–water partition coefficient (Wildman–Crippen LogP) is 3.34. The summed E-state index contributed by atoms with van der Waals surface area (Å²) in [6.07, 6.45) is 5.24. The molecule has 4 rings (SSSR count). The van der Waals surface area contributed by atoms with E-state index in [2.05, 4.69) is 52.8 Å². The highest BCUT2D eigenvalue weighted by atomic mass is 127. The number of likely N-dealkylation sites (tertiary alicyclic amines) is 1. The first-order valence-corrected chi connectivity index (χ1v) is 11.2. The third-order valence-electron chi connectivity index (χ3n) is 6.54. The number of halogens is 1. The Balaban J connectivity index is 0.00000256. The zero-order chi connectivity index (χ0) is 20.1. The number of hydrogen-bond acceptors (Lipinski definition) is 3. The summed E-state index contributed by atoms with van der Waals surface area (Å²) in [6.45, 7) is 7.27. The Labute approximate surface area is 197 Å². The van der Waals surface area contributed by atoms with Crippen LogP contribution in [0.3, 0.4) is 0 Å². The van der Waals surface area contributed by atoms with E-state index in [1.165, 1.54) is 5.56 Å². The van der Waals surface area contributed by atoms with Gasteiger partial charge in [0.05, 0.1) is 6.10 Å². The summed E-state index contributed by atoms with van der Waals surface area (Å²) in [4.78, 5) is 19.3. The topological polar surface area (TPSA) is 66.0 Å². The normalized spacial score (nSPS) is 29.4. The minimum atomic E-state index is 0. The second-order valence-corrected chi connectivity index (χ2v) is 8.78. The van der Waals surface area contributed by atoms with Gasteiger partial charge in [0.2, 0.25) is 5.91 Å². The fraction of sp³-hybridized carbons (Fsp3) is 0.652. The van der Waals surface area contributed by atoms with Gasteiger partial charge in [0.1, 0.15) is 0 Å². The molecule has 3 atom stereocenters. The molecule has 30 heavy (non-hydrogen) atoms. The molecule has 166 valence electrons. The number of piperidine rings is 1. The number of aliphatic imine (C=N–C) groups is 1. The second kappa shape index (κ2) is 10.8. The van der Waals surface area contributed by atoms with Crippen molar-refractivity contribution in [1.29, 1.82) is 0 Å². The van der Waals surface area contributed by atoms with Crippen LogP contribution in [0.25, 0.3) is 0 Å². The fourth-order valence-electron chi connectivity index (χ4n) is 5.10. The number of hydrogen-bond donors (Lipinski definition) is 2. The largest absolute Gasteiger partial charge is 0.373 e. The molecule has 2 N–H and O–H groups in total. The van der Waals surface area contributed by atoms with E-state index >= 15 is 0 Å². The van der Waals surface area contributed by atoms with Crippen molar-refractivity contribution in [3.63, 3.8) is 0 Å². The van der Waals surface area contributed by atoms with Crippen molar-refractivity contribution in [2.45, 2.75) is 45.1 Å². The number of carbonyl (C=O) groups is 1. The molecule has 7 heteroatoms. The van der Waals surface area contributed by atoms with Crippen molar-refractivity contribution in [1.82, 2.24) is 15.5 Å². The average Bonchev–Trinajstić information content (AvgIpc) is 3.11. The Hall–Kier alpha value is -1.35. The van der Waals surface area contributed by atoms with Crippen LogP contribution >= 0.6 is 24.0 Å². The molecule has 6 nitrogen and oxygen atoms in total. The first-order chi connectivity index (χ1) is 14.2. The van der Waals surface area contributed by atoms with Crippen LogP contribution in [-0.4, -0.2) is 56.1 Å². The Bertz CT molecular complexity index is 729. The van der Waals surface area contributed by atoms with E-state index in [0.29, 0.717) is 12.3 Å². The average molecular weight is 526 g/mol. The first-order valence-electron chi connectivity index (χ1n) is 11.2. The van der Waals surface area contributed by atoms with Gasteiger partial charge in [-0.1, -0.05) is 30.3 Å². The van der Waals surface area contributed by atoms with E-state index < -0.39 is 0 Å². The van der Waals surface area contributed by atoms with E-state index in [0.717, 1.165) is 71.0 Å². The van der Waals surface area contributed by atoms with E-state index in [9.17, 15) is 4.79 Å². The van der Waals surface area contributed by atoms with Crippen molar-refractivity contribution in [3.05, 3.63) is 35.9 Å². The molecule has 0 saturated carbocycles. The maximum atomic E-state index is 11.8. The van der Waals surface area contributed by atoms with Crippen molar-refractivity contribution >= 4 is 35.8 Å². The molecule has 0 aromatic heterocycles. The smallest absolute Gasteiger partial charge is 0.220 e. The quantitative estimate of drug-likeness (QED) is 0.359. The van der Waals surface area contributed by atoms with Crippen LogP contribution in [0.2, 0.25) is 0 Å². The molecule has 3 aliphatic rings. The number of carbonyl (C=O) groups excluding carboxylic acids is 1. The Morgan fingerprint density at radius 3 is 2.90 bits per heavy atom. The van der Waals surface area contributed by atoms with Gasteiger partial charge in [-0.15, -0.1) is 24.0 Å². The van der Waals surface area contributed by atoms with Gasteiger partial charge in [0.15, 0.2) is 5.96 Å². The van der Waals surface area contributed by atoms with Gasteiger partial charge in [-0.25, -0.2) is 0 Å². The number of benzene rings is 1. The Kier molecular flexibility index (Phi) is 8.39. The summed E-state index contributed by atoms with van der Waals surface area (Å²) < 4.78 is 6.15. The molecule has 0 aliphatic carbocycles. The molecule has 0 bridgehead atoms. The van der Waals surface area contributed by atoms with Crippen LogP contribution in [0.4, 0.5) is 0 Å². The van der Waals surface area contributed by atoms with Crippen molar-refractivity contribution in [2.75, 3.05) is 39.3 Å². The van der Waals surface area contributed by atoms with Crippen molar-refractivity contribution < 1.29 is 9.53 Å². The second-order valence-electron chi connectivity index (χ2n) is 8.78. The molecule has 1 aromatic carbocycles. The molecule has 1 spiro atoms.